The average Bonchev–Trinajstić information content (AvgIpc) is 3.35. The highest BCUT2D eigenvalue weighted by atomic mass is 32.2. The highest BCUT2D eigenvalue weighted by Gasteiger charge is 2.34. The van der Waals surface area contributed by atoms with E-state index in [1.807, 2.05) is 31.2 Å². The number of carbonyl (C=O) groups excluding carboxylic acids is 1. The van der Waals surface area contributed by atoms with Crippen molar-refractivity contribution in [3.05, 3.63) is 100 Å². The van der Waals surface area contributed by atoms with Crippen LogP contribution >= 0.6 is 11.8 Å². The van der Waals surface area contributed by atoms with Gasteiger partial charge in [-0.15, -0.1) is 5.10 Å². The fraction of sp³-hybridized carbons (Fsp3) is 0.0870. The van der Waals surface area contributed by atoms with E-state index in [0.29, 0.717) is 21.4 Å². The zero-order chi connectivity index (χ0) is 20.9. The van der Waals surface area contributed by atoms with E-state index in [9.17, 15) is 9.18 Å². The lowest BCUT2D eigenvalue weighted by Gasteiger charge is -2.12. The summed E-state index contributed by atoms with van der Waals surface area (Å²) in [6.07, 6.45) is 4.73. The SMILES string of the molecule is Cc1ccccc1/C=N/N=C1\S/C(=C\c2ccccc2F)C(=O)N1Cc1ccco1. The number of furan rings is 1. The molecule has 0 aliphatic carbocycles. The molecule has 0 spiro atoms. The van der Waals surface area contributed by atoms with Gasteiger partial charge >= 0.3 is 0 Å². The molecule has 0 unspecified atom stereocenters. The molecule has 0 bridgehead atoms. The van der Waals surface area contributed by atoms with E-state index in [-0.39, 0.29) is 18.3 Å². The van der Waals surface area contributed by atoms with Crippen LogP contribution in [0.5, 0.6) is 0 Å². The number of hydrogen-bond acceptors (Lipinski definition) is 5. The van der Waals surface area contributed by atoms with Crippen LogP contribution < -0.4 is 0 Å². The Balaban J connectivity index is 1.65. The summed E-state index contributed by atoms with van der Waals surface area (Å²) >= 11 is 1.16. The molecule has 1 fully saturated rings. The first kappa shape index (κ1) is 19.8. The molecule has 5 nitrogen and oxygen atoms in total. The van der Waals surface area contributed by atoms with Gasteiger partial charge in [0, 0.05) is 5.56 Å². The van der Waals surface area contributed by atoms with Gasteiger partial charge in [0.1, 0.15) is 11.6 Å². The molecular weight excluding hydrogens is 401 g/mol. The first-order chi connectivity index (χ1) is 14.6. The molecule has 150 valence electrons. The Kier molecular flexibility index (Phi) is 5.90. The van der Waals surface area contributed by atoms with Gasteiger partial charge in [-0.05, 0) is 54.1 Å². The zero-order valence-electron chi connectivity index (χ0n) is 16.2. The highest BCUT2D eigenvalue weighted by Crippen LogP contribution is 2.34. The Morgan fingerprint density at radius 3 is 2.57 bits per heavy atom. The Morgan fingerprint density at radius 2 is 1.83 bits per heavy atom. The number of benzene rings is 2. The number of hydrogen-bond donors (Lipinski definition) is 0. The molecule has 0 N–H and O–H groups in total. The second-order valence-corrected chi connectivity index (χ2v) is 7.60. The average molecular weight is 419 g/mol. The normalized spacial score (nSPS) is 17.0. The summed E-state index contributed by atoms with van der Waals surface area (Å²) in [5.41, 5.74) is 2.36. The number of rotatable bonds is 5. The van der Waals surface area contributed by atoms with Crippen molar-refractivity contribution in [2.75, 3.05) is 0 Å². The number of carbonyl (C=O) groups is 1. The van der Waals surface area contributed by atoms with Gasteiger partial charge in [-0.25, -0.2) is 4.39 Å². The van der Waals surface area contributed by atoms with Gasteiger partial charge in [0.2, 0.25) is 0 Å². The molecule has 0 saturated carbocycles. The van der Waals surface area contributed by atoms with Crippen LogP contribution in [0.25, 0.3) is 6.08 Å². The van der Waals surface area contributed by atoms with Crippen LogP contribution in [-0.4, -0.2) is 22.2 Å². The standard InChI is InChI=1S/C23H18FN3O2S/c1-16-7-2-3-9-18(16)14-25-26-23-27(15-19-10-6-12-29-19)22(28)21(30-23)13-17-8-4-5-11-20(17)24/h2-14H,15H2,1H3/b21-13-,25-14+,26-23-. The maximum atomic E-state index is 14.1. The largest absolute Gasteiger partial charge is 0.467 e. The summed E-state index contributed by atoms with van der Waals surface area (Å²) in [6.45, 7) is 2.20. The van der Waals surface area contributed by atoms with E-state index in [1.54, 1.807) is 42.8 Å². The quantitative estimate of drug-likeness (QED) is 0.323. The lowest BCUT2D eigenvalue weighted by Crippen LogP contribution is -2.28. The third kappa shape index (κ3) is 4.41. The van der Waals surface area contributed by atoms with Crippen LogP contribution in [0.1, 0.15) is 22.5 Å². The van der Waals surface area contributed by atoms with Gasteiger partial charge < -0.3 is 4.42 Å². The maximum absolute atomic E-state index is 14.1. The molecule has 0 radical (unpaired) electrons. The highest BCUT2D eigenvalue weighted by molar-refractivity contribution is 8.18. The third-order valence-corrected chi connectivity index (χ3v) is 5.50. The second-order valence-electron chi connectivity index (χ2n) is 6.59. The van der Waals surface area contributed by atoms with E-state index in [2.05, 4.69) is 10.2 Å². The summed E-state index contributed by atoms with van der Waals surface area (Å²) in [5, 5.41) is 8.84. The Labute approximate surface area is 177 Å². The Morgan fingerprint density at radius 1 is 1.07 bits per heavy atom. The molecule has 4 rings (SSSR count). The number of aryl methyl sites for hydroxylation is 1. The van der Waals surface area contributed by atoms with Crippen molar-refractivity contribution in [1.29, 1.82) is 0 Å². The van der Waals surface area contributed by atoms with Gasteiger partial charge in [-0.1, -0.05) is 42.5 Å². The molecule has 30 heavy (non-hydrogen) atoms. The molecule has 1 amide bonds. The van der Waals surface area contributed by atoms with Gasteiger partial charge in [0.15, 0.2) is 5.17 Å². The molecule has 1 aliphatic heterocycles. The lowest BCUT2D eigenvalue weighted by molar-refractivity contribution is -0.122. The van der Waals surface area contributed by atoms with Gasteiger partial charge in [-0.2, -0.15) is 5.10 Å². The van der Waals surface area contributed by atoms with Crippen molar-refractivity contribution in [3.8, 4) is 0 Å². The van der Waals surface area contributed by atoms with Crippen molar-refractivity contribution in [1.82, 2.24) is 4.90 Å². The number of halogens is 1. The summed E-state index contributed by atoms with van der Waals surface area (Å²) in [6, 6.07) is 17.7. The first-order valence-corrected chi connectivity index (χ1v) is 10.1. The summed E-state index contributed by atoms with van der Waals surface area (Å²) in [4.78, 5) is 14.8. The van der Waals surface area contributed by atoms with Crippen molar-refractivity contribution in [2.24, 2.45) is 10.2 Å². The topological polar surface area (TPSA) is 58.2 Å². The Hall–Kier alpha value is -3.45. The summed E-state index contributed by atoms with van der Waals surface area (Å²) in [5.74, 6) is -0.0462. The van der Waals surface area contributed by atoms with Gasteiger partial charge in [-0.3, -0.25) is 9.69 Å². The second kappa shape index (κ2) is 8.92. The smallest absolute Gasteiger partial charge is 0.267 e. The minimum Gasteiger partial charge on any atom is -0.467 e. The fourth-order valence-corrected chi connectivity index (χ4v) is 3.81. The molecule has 1 aromatic heterocycles. The van der Waals surface area contributed by atoms with E-state index in [1.165, 1.54) is 17.0 Å². The van der Waals surface area contributed by atoms with E-state index >= 15 is 0 Å². The van der Waals surface area contributed by atoms with Crippen LogP contribution in [0.3, 0.4) is 0 Å². The molecule has 3 aromatic rings. The molecule has 1 saturated heterocycles. The predicted molar refractivity (Wildman–Crippen MR) is 117 cm³/mol. The van der Waals surface area contributed by atoms with E-state index in [0.717, 1.165) is 22.9 Å². The molecule has 7 heteroatoms. The number of amidine groups is 1. The molecule has 0 atom stereocenters. The minimum absolute atomic E-state index is 0.214. The van der Waals surface area contributed by atoms with Crippen molar-refractivity contribution in [2.45, 2.75) is 13.5 Å². The monoisotopic (exact) mass is 419 g/mol. The number of nitrogens with zero attached hydrogens (tertiary/aromatic N) is 3. The van der Waals surface area contributed by atoms with Crippen molar-refractivity contribution < 1.29 is 13.6 Å². The first-order valence-electron chi connectivity index (χ1n) is 9.27. The zero-order valence-corrected chi connectivity index (χ0v) is 17.0. The number of thioether (sulfide) groups is 1. The van der Waals surface area contributed by atoms with Crippen LogP contribution in [-0.2, 0) is 11.3 Å². The van der Waals surface area contributed by atoms with Crippen molar-refractivity contribution in [3.63, 3.8) is 0 Å². The van der Waals surface area contributed by atoms with E-state index in [4.69, 9.17) is 4.42 Å². The summed E-state index contributed by atoms with van der Waals surface area (Å²) in [7, 11) is 0. The molecular formula is C23H18FN3O2S. The van der Waals surface area contributed by atoms with E-state index < -0.39 is 0 Å². The Bertz CT molecular complexity index is 1150. The fourth-order valence-electron chi connectivity index (χ4n) is 2.89. The number of amides is 1. The van der Waals surface area contributed by atoms with Crippen LogP contribution in [0.2, 0.25) is 0 Å². The summed E-state index contributed by atoms with van der Waals surface area (Å²) < 4.78 is 19.4. The van der Waals surface area contributed by atoms with Gasteiger partial charge in [0.25, 0.3) is 5.91 Å². The minimum atomic E-state index is -0.390. The third-order valence-electron chi connectivity index (χ3n) is 4.50. The van der Waals surface area contributed by atoms with Crippen LogP contribution in [0.4, 0.5) is 4.39 Å². The molecule has 2 heterocycles. The van der Waals surface area contributed by atoms with Crippen LogP contribution in [0.15, 0.2) is 86.5 Å². The maximum Gasteiger partial charge on any atom is 0.267 e. The predicted octanol–water partition coefficient (Wildman–Crippen LogP) is 5.23. The van der Waals surface area contributed by atoms with Crippen molar-refractivity contribution >= 4 is 35.1 Å². The molecule has 2 aromatic carbocycles. The van der Waals surface area contributed by atoms with Crippen LogP contribution in [0, 0.1) is 12.7 Å². The molecule has 1 aliphatic rings. The van der Waals surface area contributed by atoms with Gasteiger partial charge in [0.05, 0.1) is 23.9 Å². The lowest BCUT2D eigenvalue weighted by atomic mass is 10.1.